The fourth-order valence-corrected chi connectivity index (χ4v) is 2.06. The number of anilines is 1. The lowest BCUT2D eigenvalue weighted by Crippen LogP contribution is -2.26. The maximum atomic E-state index is 12.1. The Morgan fingerprint density at radius 2 is 2.24 bits per heavy atom. The Bertz CT molecular complexity index is 496. The van der Waals surface area contributed by atoms with Crippen molar-refractivity contribution in [2.45, 2.75) is 19.8 Å². The molecule has 0 saturated heterocycles. The highest BCUT2D eigenvalue weighted by Gasteiger charge is 2.17. The molecule has 0 bridgehead atoms. The van der Waals surface area contributed by atoms with Crippen LogP contribution in [-0.4, -0.2) is 40.9 Å². The summed E-state index contributed by atoms with van der Waals surface area (Å²) in [6.45, 7) is 3.17. The molecule has 1 aromatic heterocycles. The summed E-state index contributed by atoms with van der Waals surface area (Å²) in [6.07, 6.45) is 4.88. The van der Waals surface area contributed by atoms with Crippen LogP contribution in [0.3, 0.4) is 0 Å². The second-order valence-electron chi connectivity index (χ2n) is 4.38. The number of pyridine rings is 1. The minimum Gasteiger partial charge on any atom is -0.369 e. The molecular weight excluding hydrogens is 292 g/mol. The molecule has 0 saturated carbocycles. The van der Waals surface area contributed by atoms with Gasteiger partial charge in [-0.05, 0) is 24.9 Å². The van der Waals surface area contributed by atoms with Crippen LogP contribution in [0.4, 0.5) is 11.5 Å². The molecule has 0 spiro atoms. The smallest absolute Gasteiger partial charge is 0.288 e. The number of thioether (sulfide) groups is 1. The van der Waals surface area contributed by atoms with Crippen molar-refractivity contribution in [3.05, 3.63) is 27.9 Å². The monoisotopic (exact) mass is 312 g/mol. The normalized spacial score (nSPS) is 10.2. The number of hydrogen-bond acceptors (Lipinski definition) is 6. The molecule has 0 unspecified atom stereocenters. The topological polar surface area (TPSA) is 97.2 Å². The zero-order valence-electron chi connectivity index (χ0n) is 12.2. The average Bonchev–Trinajstić information content (AvgIpc) is 2.49. The quantitative estimate of drug-likeness (QED) is 0.412. The summed E-state index contributed by atoms with van der Waals surface area (Å²) in [5.41, 5.74) is 0.0214. The lowest BCUT2D eigenvalue weighted by Gasteiger charge is -2.10. The van der Waals surface area contributed by atoms with E-state index in [-0.39, 0.29) is 17.2 Å². The molecular formula is C13H20N4O3S. The third-order valence-corrected chi connectivity index (χ3v) is 3.38. The van der Waals surface area contributed by atoms with E-state index in [0.29, 0.717) is 18.9 Å². The van der Waals surface area contributed by atoms with Crippen LogP contribution >= 0.6 is 11.8 Å². The predicted octanol–water partition coefficient (Wildman–Crippen LogP) is 2.29. The van der Waals surface area contributed by atoms with Crippen LogP contribution in [0, 0.1) is 10.1 Å². The molecule has 0 aliphatic heterocycles. The van der Waals surface area contributed by atoms with Gasteiger partial charge in [-0.25, -0.2) is 4.98 Å². The van der Waals surface area contributed by atoms with Crippen molar-refractivity contribution >= 4 is 29.2 Å². The molecule has 0 aliphatic carbocycles. The molecule has 2 N–H and O–H groups in total. The summed E-state index contributed by atoms with van der Waals surface area (Å²) in [5.74, 6) is 0.990. The number of nitrogens with zero attached hydrogens (tertiary/aromatic N) is 2. The first-order chi connectivity index (χ1) is 10.1. The second kappa shape index (κ2) is 9.17. The van der Waals surface area contributed by atoms with Gasteiger partial charge in [0, 0.05) is 19.2 Å². The molecule has 1 rings (SSSR count). The number of carbonyl (C=O) groups excluding carboxylic acids is 1. The molecule has 0 aliphatic rings. The maximum Gasteiger partial charge on any atom is 0.288 e. The highest BCUT2D eigenvalue weighted by Crippen LogP contribution is 2.19. The zero-order chi connectivity index (χ0) is 15.7. The average molecular weight is 312 g/mol. The van der Waals surface area contributed by atoms with Gasteiger partial charge in [-0.2, -0.15) is 11.8 Å². The first-order valence-corrected chi connectivity index (χ1v) is 8.15. The fraction of sp³-hybridized carbons (Fsp3) is 0.538. The van der Waals surface area contributed by atoms with Gasteiger partial charge in [0.25, 0.3) is 11.6 Å². The largest absolute Gasteiger partial charge is 0.369 e. The van der Waals surface area contributed by atoms with E-state index in [1.807, 2.05) is 13.2 Å². The van der Waals surface area contributed by atoms with Crippen LogP contribution in [-0.2, 0) is 0 Å². The van der Waals surface area contributed by atoms with E-state index in [0.717, 1.165) is 24.8 Å². The third kappa shape index (κ3) is 5.58. The Hall–Kier alpha value is -1.83. The van der Waals surface area contributed by atoms with Crippen molar-refractivity contribution < 1.29 is 9.72 Å². The van der Waals surface area contributed by atoms with Crippen molar-refractivity contribution in [3.8, 4) is 0 Å². The Morgan fingerprint density at radius 3 is 2.86 bits per heavy atom. The molecule has 1 aromatic rings. The molecule has 0 fully saturated rings. The van der Waals surface area contributed by atoms with E-state index in [1.165, 1.54) is 6.07 Å². The molecule has 21 heavy (non-hydrogen) atoms. The molecule has 1 heterocycles. The molecule has 0 atom stereocenters. The van der Waals surface area contributed by atoms with Crippen LogP contribution in [0.25, 0.3) is 0 Å². The number of hydrogen-bond donors (Lipinski definition) is 2. The summed E-state index contributed by atoms with van der Waals surface area (Å²) in [7, 11) is 0. The molecule has 116 valence electrons. The standard InChI is InChI=1S/C13H20N4O3S/c1-3-5-14-12-11(8-10(9-16-12)17(19)20)13(18)15-6-4-7-21-2/h8-9H,3-7H2,1-2H3,(H,14,16)(H,15,18). The Labute approximate surface area is 128 Å². The van der Waals surface area contributed by atoms with E-state index in [1.54, 1.807) is 11.8 Å². The van der Waals surface area contributed by atoms with Gasteiger partial charge in [-0.15, -0.1) is 0 Å². The molecule has 0 radical (unpaired) electrons. The van der Waals surface area contributed by atoms with Crippen molar-refractivity contribution in [1.29, 1.82) is 0 Å². The minimum absolute atomic E-state index is 0.189. The first kappa shape index (κ1) is 17.2. The number of nitrogens with one attached hydrogen (secondary N) is 2. The van der Waals surface area contributed by atoms with Crippen molar-refractivity contribution in [2.24, 2.45) is 0 Å². The van der Waals surface area contributed by atoms with Crippen molar-refractivity contribution in [3.63, 3.8) is 0 Å². The van der Waals surface area contributed by atoms with Gasteiger partial charge >= 0.3 is 0 Å². The number of carbonyl (C=O) groups is 1. The van der Waals surface area contributed by atoms with Crippen LogP contribution in [0.15, 0.2) is 12.3 Å². The van der Waals surface area contributed by atoms with Crippen LogP contribution in [0.5, 0.6) is 0 Å². The molecule has 8 heteroatoms. The van der Waals surface area contributed by atoms with Gasteiger partial charge in [0.05, 0.1) is 10.5 Å². The Kier molecular flexibility index (Phi) is 7.52. The van der Waals surface area contributed by atoms with Crippen molar-refractivity contribution in [1.82, 2.24) is 10.3 Å². The van der Waals surface area contributed by atoms with Gasteiger partial charge in [-0.3, -0.25) is 14.9 Å². The number of nitro groups is 1. The fourth-order valence-electron chi connectivity index (χ4n) is 1.62. The van der Waals surface area contributed by atoms with Gasteiger partial charge in [0.1, 0.15) is 12.0 Å². The summed E-state index contributed by atoms with van der Waals surface area (Å²) in [4.78, 5) is 26.4. The summed E-state index contributed by atoms with van der Waals surface area (Å²) in [6, 6.07) is 1.26. The lowest BCUT2D eigenvalue weighted by atomic mass is 10.2. The first-order valence-electron chi connectivity index (χ1n) is 6.75. The minimum atomic E-state index is -0.554. The van der Waals surface area contributed by atoms with E-state index < -0.39 is 4.92 Å². The van der Waals surface area contributed by atoms with Gasteiger partial charge < -0.3 is 10.6 Å². The van der Waals surface area contributed by atoms with E-state index in [2.05, 4.69) is 15.6 Å². The summed E-state index contributed by atoms with van der Waals surface area (Å²) in [5, 5.41) is 16.6. The van der Waals surface area contributed by atoms with Crippen molar-refractivity contribution in [2.75, 3.05) is 30.4 Å². The number of aromatic nitrogens is 1. The summed E-state index contributed by atoms with van der Waals surface area (Å²) >= 11 is 1.70. The predicted molar refractivity (Wildman–Crippen MR) is 85.0 cm³/mol. The maximum absolute atomic E-state index is 12.1. The van der Waals surface area contributed by atoms with E-state index in [9.17, 15) is 14.9 Å². The van der Waals surface area contributed by atoms with Gasteiger partial charge in [0.2, 0.25) is 0 Å². The second-order valence-corrected chi connectivity index (χ2v) is 5.36. The van der Waals surface area contributed by atoms with Gasteiger partial charge in [-0.1, -0.05) is 6.92 Å². The Balaban J connectivity index is 2.85. The van der Waals surface area contributed by atoms with E-state index in [4.69, 9.17) is 0 Å². The van der Waals surface area contributed by atoms with Crippen LogP contribution in [0.1, 0.15) is 30.1 Å². The molecule has 7 nitrogen and oxygen atoms in total. The lowest BCUT2D eigenvalue weighted by molar-refractivity contribution is -0.385. The number of rotatable bonds is 9. The SMILES string of the molecule is CCCNc1ncc([N+](=O)[O-])cc1C(=O)NCCCSC. The Morgan fingerprint density at radius 1 is 1.48 bits per heavy atom. The third-order valence-electron chi connectivity index (χ3n) is 2.68. The molecule has 0 aromatic carbocycles. The highest BCUT2D eigenvalue weighted by atomic mass is 32.2. The van der Waals surface area contributed by atoms with E-state index >= 15 is 0 Å². The van der Waals surface area contributed by atoms with Crippen LogP contribution < -0.4 is 10.6 Å². The summed E-state index contributed by atoms with van der Waals surface area (Å²) < 4.78 is 0. The number of amides is 1. The highest BCUT2D eigenvalue weighted by molar-refractivity contribution is 7.98. The van der Waals surface area contributed by atoms with Crippen LogP contribution in [0.2, 0.25) is 0 Å². The molecule has 1 amide bonds. The van der Waals surface area contributed by atoms with Gasteiger partial charge in [0.15, 0.2) is 0 Å². The zero-order valence-corrected chi connectivity index (χ0v) is 13.0.